The molecule has 0 unspecified atom stereocenters. The van der Waals surface area contributed by atoms with Crippen LogP contribution in [0.4, 0.5) is 5.82 Å². The Morgan fingerprint density at radius 1 is 1.43 bits per heavy atom. The molecule has 1 fully saturated rings. The first-order valence-electron chi connectivity index (χ1n) is 9.31. The zero-order valence-corrected chi connectivity index (χ0v) is 15.8. The summed E-state index contributed by atoms with van der Waals surface area (Å²) >= 11 is 0. The maximum Gasteiger partial charge on any atom is 0.330 e. The van der Waals surface area contributed by atoms with Crippen LogP contribution in [0.5, 0.6) is 0 Å². The van der Waals surface area contributed by atoms with Crippen molar-refractivity contribution in [2.24, 2.45) is 0 Å². The van der Waals surface area contributed by atoms with Crippen LogP contribution >= 0.6 is 0 Å². The Morgan fingerprint density at radius 3 is 3.07 bits per heavy atom. The average molecular weight is 377 g/mol. The number of hydrogen-bond donors (Lipinski definition) is 1. The molecule has 7 nitrogen and oxygen atoms in total. The number of rotatable bonds is 7. The summed E-state index contributed by atoms with van der Waals surface area (Å²) in [5.74, 6) is 0.324. The van der Waals surface area contributed by atoms with Crippen molar-refractivity contribution < 1.29 is 9.53 Å². The van der Waals surface area contributed by atoms with Gasteiger partial charge < -0.3 is 10.1 Å². The Labute approximate surface area is 164 Å². The van der Waals surface area contributed by atoms with E-state index < -0.39 is 5.97 Å². The first kappa shape index (κ1) is 19.5. The lowest BCUT2D eigenvalue weighted by molar-refractivity contribution is -0.137. The molecule has 28 heavy (non-hydrogen) atoms. The molecule has 0 spiro atoms. The molecule has 1 aliphatic rings. The molecule has 1 atom stereocenters. The molecule has 0 bridgehead atoms. The third kappa shape index (κ3) is 5.63. The molecule has 2 heterocycles. The van der Waals surface area contributed by atoms with Crippen LogP contribution in [0.2, 0.25) is 0 Å². The summed E-state index contributed by atoms with van der Waals surface area (Å²) in [6.45, 7) is 4.83. The maximum atomic E-state index is 11.3. The zero-order chi connectivity index (χ0) is 19.8. The number of anilines is 1. The number of aromatic nitrogens is 2. The minimum Gasteiger partial charge on any atom is -0.463 e. The van der Waals surface area contributed by atoms with Crippen molar-refractivity contribution in [3.8, 4) is 6.07 Å². The number of benzene rings is 1. The number of likely N-dealkylation sites (tertiary alicyclic amines) is 1. The van der Waals surface area contributed by atoms with E-state index >= 15 is 0 Å². The smallest absolute Gasteiger partial charge is 0.330 e. The molecule has 1 N–H and O–H groups in total. The Balaban J connectivity index is 1.50. The Hall–Kier alpha value is -3.24. The number of nitrogens with one attached hydrogen (secondary N) is 1. The number of hydrogen-bond acceptors (Lipinski definition) is 7. The highest BCUT2D eigenvalue weighted by Gasteiger charge is 2.22. The standard InChI is InChI=1S/C21H23N5O2/c1-2-28-21(27)7-6-18-12-24-20(13-23-18)25-19-8-9-26(15-19)14-17-5-3-4-16(10-17)11-22/h3-7,10,12-13,19H,2,8-9,14-15H2,1H3,(H,24,25)/t19-/m1/s1. The van der Waals surface area contributed by atoms with Crippen molar-refractivity contribution in [3.05, 3.63) is 59.6 Å². The van der Waals surface area contributed by atoms with Crippen molar-refractivity contribution in [2.75, 3.05) is 25.0 Å². The summed E-state index contributed by atoms with van der Waals surface area (Å²) in [7, 11) is 0. The number of nitriles is 1. The van der Waals surface area contributed by atoms with E-state index in [1.165, 1.54) is 6.08 Å². The summed E-state index contributed by atoms with van der Waals surface area (Å²) in [5, 5.41) is 12.4. The molecule has 144 valence electrons. The Morgan fingerprint density at radius 2 is 2.32 bits per heavy atom. The fourth-order valence-electron chi connectivity index (χ4n) is 3.14. The molecule has 2 aromatic rings. The number of carbonyl (C=O) groups is 1. The molecule has 7 heteroatoms. The molecule has 1 aromatic carbocycles. The number of carbonyl (C=O) groups excluding carboxylic acids is 1. The van der Waals surface area contributed by atoms with Gasteiger partial charge in [-0.15, -0.1) is 0 Å². The molecule has 0 saturated carbocycles. The first-order valence-corrected chi connectivity index (χ1v) is 9.31. The van der Waals surface area contributed by atoms with Gasteiger partial charge in [-0.25, -0.2) is 9.78 Å². The third-order valence-electron chi connectivity index (χ3n) is 4.44. The van der Waals surface area contributed by atoms with Crippen LogP contribution in [-0.2, 0) is 16.1 Å². The van der Waals surface area contributed by atoms with E-state index in [2.05, 4.69) is 32.3 Å². The molecule has 1 aliphatic heterocycles. The van der Waals surface area contributed by atoms with Crippen LogP contribution in [0, 0.1) is 11.3 Å². The van der Waals surface area contributed by atoms with E-state index in [0.29, 0.717) is 29.7 Å². The van der Waals surface area contributed by atoms with Crippen molar-refractivity contribution in [1.82, 2.24) is 14.9 Å². The van der Waals surface area contributed by atoms with E-state index in [1.54, 1.807) is 25.4 Å². The normalized spacial score (nSPS) is 16.8. The van der Waals surface area contributed by atoms with Crippen LogP contribution in [0.3, 0.4) is 0 Å². The van der Waals surface area contributed by atoms with Gasteiger partial charge in [0, 0.05) is 31.8 Å². The average Bonchev–Trinajstić information content (AvgIpc) is 3.14. The lowest BCUT2D eigenvalue weighted by Gasteiger charge is -2.17. The van der Waals surface area contributed by atoms with E-state index in [1.807, 2.05) is 18.2 Å². The van der Waals surface area contributed by atoms with Crippen LogP contribution in [0.1, 0.15) is 30.2 Å². The van der Waals surface area contributed by atoms with Crippen molar-refractivity contribution >= 4 is 17.9 Å². The maximum absolute atomic E-state index is 11.3. The zero-order valence-electron chi connectivity index (χ0n) is 15.8. The largest absolute Gasteiger partial charge is 0.463 e. The number of esters is 1. The molecule has 1 saturated heterocycles. The molecular formula is C21H23N5O2. The highest BCUT2D eigenvalue weighted by atomic mass is 16.5. The highest BCUT2D eigenvalue weighted by Crippen LogP contribution is 2.17. The molecular weight excluding hydrogens is 354 g/mol. The van der Waals surface area contributed by atoms with Crippen molar-refractivity contribution in [2.45, 2.75) is 25.9 Å². The topological polar surface area (TPSA) is 91.1 Å². The van der Waals surface area contributed by atoms with Gasteiger partial charge in [0.05, 0.1) is 36.3 Å². The Kier molecular flexibility index (Phi) is 6.71. The fourth-order valence-corrected chi connectivity index (χ4v) is 3.14. The van der Waals surface area contributed by atoms with Gasteiger partial charge in [-0.1, -0.05) is 12.1 Å². The lowest BCUT2D eigenvalue weighted by atomic mass is 10.1. The van der Waals surface area contributed by atoms with E-state index in [4.69, 9.17) is 10.00 Å². The monoisotopic (exact) mass is 377 g/mol. The second kappa shape index (κ2) is 9.62. The van der Waals surface area contributed by atoms with Crippen molar-refractivity contribution in [3.63, 3.8) is 0 Å². The lowest BCUT2D eigenvalue weighted by Crippen LogP contribution is -2.26. The minimum atomic E-state index is -0.391. The molecule has 0 radical (unpaired) electrons. The van der Waals surface area contributed by atoms with E-state index in [9.17, 15) is 4.79 Å². The summed E-state index contributed by atoms with van der Waals surface area (Å²) in [5.41, 5.74) is 2.44. The molecule has 1 aromatic heterocycles. The Bertz CT molecular complexity index is 873. The summed E-state index contributed by atoms with van der Waals surface area (Å²) in [6, 6.07) is 10.2. The highest BCUT2D eigenvalue weighted by molar-refractivity contribution is 5.86. The van der Waals surface area contributed by atoms with Crippen LogP contribution in [0.15, 0.2) is 42.7 Å². The van der Waals surface area contributed by atoms with Gasteiger partial charge in [0.25, 0.3) is 0 Å². The number of nitrogens with zero attached hydrogens (tertiary/aromatic N) is 4. The molecule has 0 amide bonds. The van der Waals surface area contributed by atoms with Gasteiger partial charge in [0.2, 0.25) is 0 Å². The summed E-state index contributed by atoms with van der Waals surface area (Å²) in [4.78, 5) is 22.3. The van der Waals surface area contributed by atoms with Crippen LogP contribution < -0.4 is 5.32 Å². The van der Waals surface area contributed by atoms with Gasteiger partial charge in [0.1, 0.15) is 5.82 Å². The van der Waals surface area contributed by atoms with Crippen LogP contribution in [-0.4, -0.2) is 46.6 Å². The fraction of sp³-hybridized carbons (Fsp3) is 0.333. The van der Waals surface area contributed by atoms with Gasteiger partial charge in [-0.05, 0) is 37.1 Å². The predicted molar refractivity (Wildman–Crippen MR) is 106 cm³/mol. The third-order valence-corrected chi connectivity index (χ3v) is 4.44. The molecule has 0 aliphatic carbocycles. The van der Waals surface area contributed by atoms with Gasteiger partial charge in [-0.2, -0.15) is 5.26 Å². The van der Waals surface area contributed by atoms with Crippen LogP contribution in [0.25, 0.3) is 6.08 Å². The predicted octanol–water partition coefficient (Wildman–Crippen LogP) is 2.61. The van der Waals surface area contributed by atoms with E-state index in [0.717, 1.165) is 31.6 Å². The van der Waals surface area contributed by atoms with Gasteiger partial charge in [-0.3, -0.25) is 9.88 Å². The second-order valence-electron chi connectivity index (χ2n) is 6.59. The summed E-state index contributed by atoms with van der Waals surface area (Å²) in [6.07, 6.45) is 7.24. The SMILES string of the molecule is CCOC(=O)C=Cc1cnc(N[C@@H]2CCN(Cc3cccc(C#N)c3)C2)cn1. The molecule has 3 rings (SSSR count). The van der Waals surface area contributed by atoms with Gasteiger partial charge >= 0.3 is 5.97 Å². The first-order chi connectivity index (χ1) is 13.7. The van der Waals surface area contributed by atoms with E-state index in [-0.39, 0.29) is 0 Å². The summed E-state index contributed by atoms with van der Waals surface area (Å²) < 4.78 is 4.83. The van der Waals surface area contributed by atoms with Crippen molar-refractivity contribution in [1.29, 1.82) is 5.26 Å². The minimum absolute atomic E-state index is 0.300. The quantitative estimate of drug-likeness (QED) is 0.586. The van der Waals surface area contributed by atoms with Gasteiger partial charge in [0.15, 0.2) is 0 Å². The number of ether oxygens (including phenoxy) is 1. The second-order valence-corrected chi connectivity index (χ2v) is 6.59.